The van der Waals surface area contributed by atoms with Crippen LogP contribution in [0.25, 0.3) is 0 Å². The van der Waals surface area contributed by atoms with Crippen LogP contribution in [-0.2, 0) is 4.79 Å². The second-order valence-electron chi connectivity index (χ2n) is 3.64. The molecule has 0 saturated heterocycles. The molecule has 0 N–H and O–H groups in total. The Morgan fingerprint density at radius 1 is 1.53 bits per heavy atom. The standard InChI is InChI=1S/C10H12BrF3O/c11-8-3-1-7(2-4-8)9(15)5-6-10(12,13)14/h1,8H,2-6H2. The number of carbonyl (C=O) groups is 1. The van der Waals surface area contributed by atoms with Gasteiger partial charge in [-0.2, -0.15) is 13.2 Å². The van der Waals surface area contributed by atoms with E-state index in [1.807, 2.05) is 0 Å². The number of hydrogen-bond acceptors (Lipinski definition) is 1. The molecule has 0 aromatic heterocycles. The van der Waals surface area contributed by atoms with Crippen LogP contribution >= 0.6 is 15.9 Å². The quantitative estimate of drug-likeness (QED) is 0.721. The van der Waals surface area contributed by atoms with Gasteiger partial charge in [0.1, 0.15) is 0 Å². The zero-order valence-electron chi connectivity index (χ0n) is 8.11. The number of halogens is 4. The van der Waals surface area contributed by atoms with Gasteiger partial charge in [0.2, 0.25) is 0 Å². The van der Waals surface area contributed by atoms with Gasteiger partial charge in [-0.05, 0) is 24.8 Å². The van der Waals surface area contributed by atoms with Gasteiger partial charge in [-0.1, -0.05) is 22.0 Å². The highest BCUT2D eigenvalue weighted by Gasteiger charge is 2.28. The minimum absolute atomic E-state index is 0.355. The highest BCUT2D eigenvalue weighted by molar-refractivity contribution is 9.09. The Kier molecular flexibility index (Phi) is 4.37. The largest absolute Gasteiger partial charge is 0.389 e. The van der Waals surface area contributed by atoms with E-state index in [2.05, 4.69) is 15.9 Å². The molecular formula is C10H12BrF3O. The summed E-state index contributed by atoms with van der Waals surface area (Å²) in [5, 5.41) is 0. The first-order valence-electron chi connectivity index (χ1n) is 4.81. The molecule has 1 rings (SSSR count). The highest BCUT2D eigenvalue weighted by atomic mass is 79.9. The van der Waals surface area contributed by atoms with Crippen LogP contribution in [0.1, 0.15) is 32.1 Å². The van der Waals surface area contributed by atoms with Crippen LogP contribution in [0, 0.1) is 0 Å². The number of hydrogen-bond donors (Lipinski definition) is 0. The van der Waals surface area contributed by atoms with Crippen molar-refractivity contribution in [3.63, 3.8) is 0 Å². The lowest BCUT2D eigenvalue weighted by molar-refractivity contribution is -0.141. The van der Waals surface area contributed by atoms with E-state index in [0.29, 0.717) is 16.8 Å². The molecule has 1 nitrogen and oxygen atoms in total. The second-order valence-corrected chi connectivity index (χ2v) is 4.93. The van der Waals surface area contributed by atoms with E-state index in [-0.39, 0.29) is 5.78 Å². The molecule has 0 fully saturated rings. The maximum Gasteiger partial charge on any atom is 0.389 e. The molecule has 86 valence electrons. The van der Waals surface area contributed by atoms with Gasteiger partial charge in [0.25, 0.3) is 0 Å². The van der Waals surface area contributed by atoms with Gasteiger partial charge >= 0.3 is 6.18 Å². The number of carbonyl (C=O) groups excluding carboxylic acids is 1. The molecule has 0 amide bonds. The van der Waals surface area contributed by atoms with Crippen LogP contribution in [0.3, 0.4) is 0 Å². The Morgan fingerprint density at radius 3 is 2.67 bits per heavy atom. The summed E-state index contributed by atoms with van der Waals surface area (Å²) >= 11 is 3.40. The van der Waals surface area contributed by atoms with E-state index in [1.54, 1.807) is 6.08 Å². The fourth-order valence-electron chi connectivity index (χ4n) is 1.47. The summed E-state index contributed by atoms with van der Waals surface area (Å²) < 4.78 is 35.6. The predicted octanol–water partition coefficient (Wildman–Crippen LogP) is 3.77. The van der Waals surface area contributed by atoms with Crippen molar-refractivity contribution < 1.29 is 18.0 Å². The van der Waals surface area contributed by atoms with E-state index in [9.17, 15) is 18.0 Å². The van der Waals surface area contributed by atoms with Crippen molar-refractivity contribution in [3.05, 3.63) is 11.6 Å². The third-order valence-electron chi connectivity index (χ3n) is 2.34. The summed E-state index contributed by atoms with van der Waals surface area (Å²) in [6.07, 6.45) is -1.77. The van der Waals surface area contributed by atoms with Crippen molar-refractivity contribution in [1.29, 1.82) is 0 Å². The van der Waals surface area contributed by atoms with Crippen LogP contribution in [0.2, 0.25) is 0 Å². The molecule has 1 atom stereocenters. The summed E-state index contributed by atoms with van der Waals surface area (Å²) in [7, 11) is 0. The summed E-state index contributed by atoms with van der Waals surface area (Å²) in [6, 6.07) is 0. The van der Waals surface area contributed by atoms with Crippen molar-refractivity contribution in [2.24, 2.45) is 0 Å². The molecule has 0 spiro atoms. The third-order valence-corrected chi connectivity index (χ3v) is 3.17. The van der Waals surface area contributed by atoms with Crippen LogP contribution in [0.15, 0.2) is 11.6 Å². The number of alkyl halides is 4. The lowest BCUT2D eigenvalue weighted by atomic mass is 9.94. The summed E-state index contributed by atoms with van der Waals surface area (Å²) in [4.78, 5) is 11.7. The average Bonchev–Trinajstić information content (AvgIpc) is 2.14. The van der Waals surface area contributed by atoms with Crippen molar-refractivity contribution in [1.82, 2.24) is 0 Å². The topological polar surface area (TPSA) is 17.1 Å². The number of allylic oxidation sites excluding steroid dienone is 2. The average molecular weight is 285 g/mol. The van der Waals surface area contributed by atoms with Crippen molar-refractivity contribution in [3.8, 4) is 0 Å². The summed E-state index contributed by atoms with van der Waals surface area (Å²) in [6.45, 7) is 0. The van der Waals surface area contributed by atoms with Gasteiger partial charge in [0.15, 0.2) is 5.78 Å². The third kappa shape index (κ3) is 4.82. The fraction of sp³-hybridized carbons (Fsp3) is 0.700. The molecule has 0 aromatic rings. The first-order valence-corrected chi connectivity index (χ1v) is 5.73. The van der Waals surface area contributed by atoms with Gasteiger partial charge < -0.3 is 0 Å². The van der Waals surface area contributed by atoms with Crippen LogP contribution < -0.4 is 0 Å². The normalized spacial score (nSPS) is 22.4. The van der Waals surface area contributed by atoms with Crippen LogP contribution in [0.4, 0.5) is 13.2 Å². The van der Waals surface area contributed by atoms with E-state index in [4.69, 9.17) is 0 Å². The molecule has 1 aliphatic carbocycles. The fourth-order valence-corrected chi connectivity index (χ4v) is 1.89. The van der Waals surface area contributed by atoms with E-state index in [1.165, 1.54) is 0 Å². The number of rotatable bonds is 3. The Hall–Kier alpha value is -0.320. The first kappa shape index (κ1) is 12.7. The molecule has 5 heteroatoms. The molecular weight excluding hydrogens is 273 g/mol. The van der Waals surface area contributed by atoms with Gasteiger partial charge in [-0.3, -0.25) is 4.79 Å². The number of ketones is 1. The minimum Gasteiger partial charge on any atom is -0.295 e. The van der Waals surface area contributed by atoms with Crippen LogP contribution in [-0.4, -0.2) is 16.8 Å². The van der Waals surface area contributed by atoms with Crippen LogP contribution in [0.5, 0.6) is 0 Å². The summed E-state index contributed by atoms with van der Waals surface area (Å²) in [5.74, 6) is -0.355. The van der Waals surface area contributed by atoms with E-state index < -0.39 is 19.0 Å². The second kappa shape index (κ2) is 5.14. The van der Waals surface area contributed by atoms with Crippen molar-refractivity contribution in [2.75, 3.05) is 0 Å². The van der Waals surface area contributed by atoms with Gasteiger partial charge in [0.05, 0.1) is 6.42 Å². The molecule has 0 bridgehead atoms. The zero-order valence-corrected chi connectivity index (χ0v) is 9.70. The summed E-state index contributed by atoms with van der Waals surface area (Å²) in [5.41, 5.74) is 0.565. The molecule has 1 aliphatic rings. The van der Waals surface area contributed by atoms with Crippen molar-refractivity contribution in [2.45, 2.75) is 43.1 Å². The Balaban J connectivity index is 2.41. The van der Waals surface area contributed by atoms with E-state index in [0.717, 1.165) is 12.8 Å². The van der Waals surface area contributed by atoms with Gasteiger partial charge in [-0.25, -0.2) is 0 Å². The van der Waals surface area contributed by atoms with Gasteiger partial charge in [-0.15, -0.1) is 0 Å². The lowest BCUT2D eigenvalue weighted by Crippen LogP contribution is -2.15. The van der Waals surface area contributed by atoms with Crippen molar-refractivity contribution >= 4 is 21.7 Å². The highest BCUT2D eigenvalue weighted by Crippen LogP contribution is 2.27. The van der Waals surface area contributed by atoms with Gasteiger partial charge in [0, 0.05) is 11.2 Å². The molecule has 0 aromatic carbocycles. The maximum atomic E-state index is 11.9. The maximum absolute atomic E-state index is 11.9. The molecule has 15 heavy (non-hydrogen) atoms. The first-order chi connectivity index (χ1) is 6.88. The lowest BCUT2D eigenvalue weighted by Gasteiger charge is -2.16. The SMILES string of the molecule is O=C(CCC(F)(F)F)C1=CCC(Br)CC1. The molecule has 0 saturated carbocycles. The smallest absolute Gasteiger partial charge is 0.295 e. The predicted molar refractivity (Wildman–Crippen MR) is 54.9 cm³/mol. The Labute approximate surface area is 94.9 Å². The molecule has 0 heterocycles. The number of Topliss-reactive ketones (excluding diaryl/α,β-unsaturated/α-hetero) is 1. The molecule has 1 unspecified atom stereocenters. The van der Waals surface area contributed by atoms with E-state index >= 15 is 0 Å². The Morgan fingerprint density at radius 2 is 2.20 bits per heavy atom. The molecule has 0 aliphatic heterocycles. The Bertz CT molecular complexity index is 270. The minimum atomic E-state index is -4.23. The zero-order chi connectivity index (χ0) is 11.5. The monoisotopic (exact) mass is 284 g/mol. The molecule has 0 radical (unpaired) electrons.